The second-order valence-corrected chi connectivity index (χ2v) is 6.56. The van der Waals surface area contributed by atoms with Crippen LogP contribution in [0.2, 0.25) is 0 Å². The molecule has 1 rings (SSSR count). The molecular formula is C17H29NO2. The van der Waals surface area contributed by atoms with Crippen molar-refractivity contribution in [3.05, 3.63) is 23.3 Å². The zero-order valence-electron chi connectivity index (χ0n) is 13.1. The van der Waals surface area contributed by atoms with E-state index in [2.05, 4.69) is 26.8 Å². The number of aromatic hydroxyl groups is 1. The SMILES string of the molecule is CC(C)(C)c1cc(N)c(O)c(CCCCCCCO)c1. The van der Waals surface area contributed by atoms with Gasteiger partial charge in [0.1, 0.15) is 5.75 Å². The maximum Gasteiger partial charge on any atom is 0.141 e. The minimum absolute atomic E-state index is 0.0394. The van der Waals surface area contributed by atoms with Gasteiger partial charge in [-0.15, -0.1) is 0 Å². The number of hydrogen-bond donors (Lipinski definition) is 3. The normalized spacial score (nSPS) is 11.8. The number of anilines is 1. The molecule has 0 saturated carbocycles. The fourth-order valence-corrected chi connectivity index (χ4v) is 2.30. The van der Waals surface area contributed by atoms with Gasteiger partial charge < -0.3 is 15.9 Å². The molecule has 0 aliphatic rings. The van der Waals surface area contributed by atoms with E-state index in [1.807, 2.05) is 6.07 Å². The lowest BCUT2D eigenvalue weighted by Crippen LogP contribution is -2.12. The fraction of sp³-hybridized carbons (Fsp3) is 0.647. The number of unbranched alkanes of at least 4 members (excludes halogenated alkanes) is 4. The Bertz CT molecular complexity index is 422. The average molecular weight is 279 g/mol. The van der Waals surface area contributed by atoms with Gasteiger partial charge in [0.25, 0.3) is 0 Å². The standard InChI is InChI=1S/C17H29NO2/c1-17(2,3)14-11-13(16(20)15(18)12-14)9-7-5-4-6-8-10-19/h11-12,19-20H,4-10,18H2,1-3H3. The van der Waals surface area contributed by atoms with Crippen LogP contribution in [0.25, 0.3) is 0 Å². The number of aryl methyl sites for hydroxylation is 1. The van der Waals surface area contributed by atoms with E-state index in [0.717, 1.165) is 44.1 Å². The maximum atomic E-state index is 10.1. The lowest BCUT2D eigenvalue weighted by atomic mass is 9.85. The number of nitrogen functional groups attached to an aromatic ring is 1. The van der Waals surface area contributed by atoms with Crippen molar-refractivity contribution in [3.8, 4) is 5.75 Å². The summed E-state index contributed by atoms with van der Waals surface area (Å²) in [4.78, 5) is 0. The van der Waals surface area contributed by atoms with Crippen molar-refractivity contribution >= 4 is 5.69 Å². The summed E-state index contributed by atoms with van der Waals surface area (Å²) >= 11 is 0. The summed E-state index contributed by atoms with van der Waals surface area (Å²) < 4.78 is 0. The maximum absolute atomic E-state index is 10.1. The fourth-order valence-electron chi connectivity index (χ4n) is 2.30. The highest BCUT2D eigenvalue weighted by molar-refractivity contribution is 5.59. The zero-order valence-corrected chi connectivity index (χ0v) is 13.1. The third-order valence-corrected chi connectivity index (χ3v) is 3.69. The third kappa shape index (κ3) is 5.04. The number of phenols is 1. The number of benzene rings is 1. The first-order chi connectivity index (χ1) is 9.36. The van der Waals surface area contributed by atoms with E-state index in [4.69, 9.17) is 10.8 Å². The Labute approximate surface area is 122 Å². The molecule has 114 valence electrons. The van der Waals surface area contributed by atoms with Crippen molar-refractivity contribution < 1.29 is 10.2 Å². The number of rotatable bonds is 7. The van der Waals surface area contributed by atoms with Crippen molar-refractivity contribution in [2.24, 2.45) is 0 Å². The molecule has 0 aliphatic carbocycles. The second-order valence-electron chi connectivity index (χ2n) is 6.56. The van der Waals surface area contributed by atoms with Crippen molar-refractivity contribution in [1.82, 2.24) is 0 Å². The molecule has 0 unspecified atom stereocenters. The van der Waals surface area contributed by atoms with Gasteiger partial charge in [-0.1, -0.05) is 46.1 Å². The summed E-state index contributed by atoms with van der Waals surface area (Å²) in [7, 11) is 0. The molecule has 0 bridgehead atoms. The number of nitrogens with two attached hydrogens (primary N) is 1. The van der Waals surface area contributed by atoms with E-state index in [9.17, 15) is 5.11 Å². The predicted octanol–water partition coefficient (Wildman–Crippen LogP) is 3.76. The predicted molar refractivity (Wildman–Crippen MR) is 85.1 cm³/mol. The Morgan fingerprint density at radius 1 is 1.00 bits per heavy atom. The van der Waals surface area contributed by atoms with Gasteiger partial charge in [0.2, 0.25) is 0 Å². The van der Waals surface area contributed by atoms with Gasteiger partial charge in [-0.2, -0.15) is 0 Å². The summed E-state index contributed by atoms with van der Waals surface area (Å²) in [5, 5.41) is 18.8. The first-order valence-electron chi connectivity index (χ1n) is 7.59. The average Bonchev–Trinajstić information content (AvgIpc) is 2.37. The molecule has 0 heterocycles. The van der Waals surface area contributed by atoms with E-state index in [0.29, 0.717) is 5.69 Å². The summed E-state index contributed by atoms with van der Waals surface area (Å²) in [6.45, 7) is 6.73. The Morgan fingerprint density at radius 2 is 1.60 bits per heavy atom. The van der Waals surface area contributed by atoms with Gasteiger partial charge in [-0.25, -0.2) is 0 Å². The molecular weight excluding hydrogens is 250 g/mol. The van der Waals surface area contributed by atoms with E-state index in [1.54, 1.807) is 0 Å². The summed E-state index contributed by atoms with van der Waals surface area (Å²) in [5.74, 6) is 0.244. The van der Waals surface area contributed by atoms with Crippen LogP contribution in [-0.2, 0) is 11.8 Å². The lowest BCUT2D eigenvalue weighted by Gasteiger charge is -2.21. The van der Waals surface area contributed by atoms with E-state index in [-0.39, 0.29) is 17.8 Å². The van der Waals surface area contributed by atoms with Crippen LogP contribution in [0.1, 0.15) is 64.0 Å². The van der Waals surface area contributed by atoms with Gasteiger partial charge in [-0.3, -0.25) is 0 Å². The minimum atomic E-state index is 0.0394. The van der Waals surface area contributed by atoms with Crippen LogP contribution in [0.15, 0.2) is 12.1 Å². The molecule has 0 aliphatic heterocycles. The quantitative estimate of drug-likeness (QED) is 0.404. The van der Waals surface area contributed by atoms with Gasteiger partial charge in [0, 0.05) is 6.61 Å². The van der Waals surface area contributed by atoms with E-state index < -0.39 is 0 Å². The van der Waals surface area contributed by atoms with Crippen LogP contribution >= 0.6 is 0 Å². The Morgan fingerprint density at radius 3 is 2.20 bits per heavy atom. The molecule has 0 saturated heterocycles. The Kier molecular flexibility index (Phi) is 6.34. The first kappa shape index (κ1) is 16.8. The first-order valence-corrected chi connectivity index (χ1v) is 7.59. The molecule has 0 aromatic heterocycles. The molecule has 4 N–H and O–H groups in total. The van der Waals surface area contributed by atoms with Crippen molar-refractivity contribution in [1.29, 1.82) is 0 Å². The highest BCUT2D eigenvalue weighted by Gasteiger charge is 2.17. The van der Waals surface area contributed by atoms with Gasteiger partial charge in [0.05, 0.1) is 5.69 Å². The topological polar surface area (TPSA) is 66.5 Å². The highest BCUT2D eigenvalue weighted by atomic mass is 16.3. The van der Waals surface area contributed by atoms with Crippen LogP contribution in [-0.4, -0.2) is 16.8 Å². The van der Waals surface area contributed by atoms with Crippen LogP contribution in [0.3, 0.4) is 0 Å². The highest BCUT2D eigenvalue weighted by Crippen LogP contribution is 2.33. The number of aliphatic hydroxyl groups is 1. The number of hydrogen-bond acceptors (Lipinski definition) is 3. The van der Waals surface area contributed by atoms with E-state index in [1.165, 1.54) is 5.56 Å². The summed E-state index contributed by atoms with van der Waals surface area (Å²) in [6.07, 6.45) is 6.13. The molecule has 1 aromatic rings. The smallest absolute Gasteiger partial charge is 0.141 e. The number of phenolic OH excluding ortho intramolecular Hbond substituents is 1. The second kappa shape index (κ2) is 7.53. The van der Waals surface area contributed by atoms with E-state index >= 15 is 0 Å². The summed E-state index contributed by atoms with van der Waals surface area (Å²) in [6, 6.07) is 3.96. The molecule has 0 atom stereocenters. The van der Waals surface area contributed by atoms with Gasteiger partial charge >= 0.3 is 0 Å². The van der Waals surface area contributed by atoms with Crippen LogP contribution in [0.5, 0.6) is 5.75 Å². The van der Waals surface area contributed by atoms with Gasteiger partial charge in [-0.05, 0) is 41.9 Å². The van der Waals surface area contributed by atoms with Crippen molar-refractivity contribution in [2.75, 3.05) is 12.3 Å². The monoisotopic (exact) mass is 279 g/mol. The molecule has 0 radical (unpaired) electrons. The lowest BCUT2D eigenvalue weighted by molar-refractivity contribution is 0.282. The molecule has 3 nitrogen and oxygen atoms in total. The molecule has 0 spiro atoms. The van der Waals surface area contributed by atoms with Gasteiger partial charge in [0.15, 0.2) is 0 Å². The third-order valence-electron chi connectivity index (χ3n) is 3.69. The van der Waals surface area contributed by atoms with Crippen LogP contribution in [0.4, 0.5) is 5.69 Å². The molecule has 1 aromatic carbocycles. The molecule has 0 amide bonds. The number of aliphatic hydroxyl groups excluding tert-OH is 1. The molecule has 20 heavy (non-hydrogen) atoms. The Hall–Kier alpha value is -1.22. The van der Waals surface area contributed by atoms with Crippen LogP contribution in [0, 0.1) is 0 Å². The largest absolute Gasteiger partial charge is 0.506 e. The van der Waals surface area contributed by atoms with Crippen molar-refractivity contribution in [2.45, 2.75) is 64.7 Å². The van der Waals surface area contributed by atoms with Crippen molar-refractivity contribution in [3.63, 3.8) is 0 Å². The van der Waals surface area contributed by atoms with Crippen LogP contribution < -0.4 is 5.73 Å². The summed E-state index contributed by atoms with van der Waals surface area (Å²) in [5.41, 5.74) is 8.55. The Balaban J connectivity index is 2.63. The molecule has 0 fully saturated rings. The molecule has 3 heteroatoms. The minimum Gasteiger partial charge on any atom is -0.506 e. The zero-order chi connectivity index (χ0) is 15.2.